The summed E-state index contributed by atoms with van der Waals surface area (Å²) in [4.78, 5) is 29.3. The number of hydrogen-bond donors (Lipinski definition) is 1. The first-order chi connectivity index (χ1) is 15.4. The summed E-state index contributed by atoms with van der Waals surface area (Å²) in [6.07, 6.45) is -5.03. The zero-order valence-corrected chi connectivity index (χ0v) is 18.3. The second kappa shape index (κ2) is 9.48. The maximum Gasteiger partial charge on any atom is 0.419 e. The first-order valence-corrected chi connectivity index (χ1v) is 10.3. The summed E-state index contributed by atoms with van der Waals surface area (Å²) >= 11 is 0. The number of halogens is 4. The van der Waals surface area contributed by atoms with E-state index in [1.165, 1.54) is 12.0 Å². The zero-order chi connectivity index (χ0) is 24.4. The van der Waals surface area contributed by atoms with Crippen molar-refractivity contribution >= 4 is 17.6 Å². The third-order valence-corrected chi connectivity index (χ3v) is 5.20. The third-order valence-electron chi connectivity index (χ3n) is 5.20. The average molecular weight is 468 g/mol. The first kappa shape index (κ1) is 24.7. The molecule has 1 heterocycles. The quantitative estimate of drug-likeness (QED) is 0.608. The number of benzene rings is 2. The molecule has 1 atom stereocenters. The summed E-state index contributed by atoms with van der Waals surface area (Å²) in [6, 6.07) is 9.43. The van der Waals surface area contributed by atoms with E-state index in [4.69, 9.17) is 9.57 Å². The van der Waals surface area contributed by atoms with Gasteiger partial charge in [-0.15, -0.1) is 5.06 Å². The van der Waals surface area contributed by atoms with E-state index in [1.54, 1.807) is 44.2 Å². The topological polar surface area (TPSA) is 67.9 Å². The lowest BCUT2D eigenvalue weighted by Gasteiger charge is -2.31. The van der Waals surface area contributed by atoms with Crippen LogP contribution in [0.2, 0.25) is 0 Å². The molecule has 1 N–H and O–H groups in total. The number of carbonyl (C=O) groups is 2. The molecule has 1 amide bonds. The number of ether oxygens (including phenoxy) is 1. The van der Waals surface area contributed by atoms with Crippen molar-refractivity contribution in [2.75, 3.05) is 11.9 Å². The van der Waals surface area contributed by atoms with Crippen LogP contribution >= 0.6 is 0 Å². The number of nitrogens with zero attached hydrogens (tertiary/aromatic N) is 1. The van der Waals surface area contributed by atoms with Crippen LogP contribution in [0, 0.1) is 5.82 Å². The van der Waals surface area contributed by atoms with Gasteiger partial charge in [0.05, 0.1) is 23.8 Å². The van der Waals surface area contributed by atoms with Crippen LogP contribution in [0.5, 0.6) is 0 Å². The molecule has 33 heavy (non-hydrogen) atoms. The molecule has 1 fully saturated rings. The molecule has 0 radical (unpaired) electrons. The van der Waals surface area contributed by atoms with E-state index in [0.29, 0.717) is 11.6 Å². The fourth-order valence-electron chi connectivity index (χ4n) is 3.75. The monoisotopic (exact) mass is 468 g/mol. The van der Waals surface area contributed by atoms with Gasteiger partial charge < -0.3 is 14.9 Å². The van der Waals surface area contributed by atoms with Crippen LogP contribution in [0.25, 0.3) is 0 Å². The van der Waals surface area contributed by atoms with Gasteiger partial charge in [0.1, 0.15) is 11.5 Å². The van der Waals surface area contributed by atoms with E-state index in [1.807, 2.05) is 0 Å². The van der Waals surface area contributed by atoms with Gasteiger partial charge in [0.25, 0.3) is 0 Å². The molecule has 0 bridgehead atoms. The standard InChI is InChI=1S/C23H24F4N2O4/c1-14(30)28-17-11-16(20(19(24)12-17)23(25,26)27)9-10-18-13-32-22(2,3)29(18)33-21(31)15-7-5-4-6-8-15/h4-8,11-12,18H,9-10,13H2,1-3H3,(H,28,30)/t18-/m0/s1. The molecule has 178 valence electrons. The number of amides is 1. The number of anilines is 1. The van der Waals surface area contributed by atoms with Gasteiger partial charge in [0.15, 0.2) is 0 Å². The van der Waals surface area contributed by atoms with Gasteiger partial charge in [0, 0.05) is 12.6 Å². The van der Waals surface area contributed by atoms with Gasteiger partial charge in [-0.1, -0.05) is 18.2 Å². The molecule has 6 nitrogen and oxygen atoms in total. The summed E-state index contributed by atoms with van der Waals surface area (Å²) in [6.45, 7) is 4.61. The Morgan fingerprint density at radius 2 is 1.88 bits per heavy atom. The highest BCUT2D eigenvalue weighted by molar-refractivity contribution is 5.89. The van der Waals surface area contributed by atoms with Gasteiger partial charge in [-0.05, 0) is 56.5 Å². The Bertz CT molecular complexity index is 1030. The summed E-state index contributed by atoms with van der Waals surface area (Å²) in [7, 11) is 0. The van der Waals surface area contributed by atoms with Crippen molar-refractivity contribution in [3.8, 4) is 0 Å². The van der Waals surface area contributed by atoms with Crippen LogP contribution in [0.4, 0.5) is 23.2 Å². The van der Waals surface area contributed by atoms with Crippen LogP contribution in [0.15, 0.2) is 42.5 Å². The second-order valence-corrected chi connectivity index (χ2v) is 8.19. The predicted molar refractivity (Wildman–Crippen MR) is 112 cm³/mol. The predicted octanol–water partition coefficient (Wildman–Crippen LogP) is 4.94. The number of aryl methyl sites for hydroxylation is 1. The molecule has 2 aromatic carbocycles. The largest absolute Gasteiger partial charge is 0.419 e. The Morgan fingerprint density at radius 1 is 1.21 bits per heavy atom. The lowest BCUT2D eigenvalue weighted by molar-refractivity contribution is -0.219. The van der Waals surface area contributed by atoms with Crippen LogP contribution in [-0.4, -0.2) is 35.3 Å². The normalized spacial score (nSPS) is 18.2. The van der Waals surface area contributed by atoms with Crippen LogP contribution in [-0.2, 0) is 27.0 Å². The van der Waals surface area contributed by atoms with Crippen molar-refractivity contribution in [2.24, 2.45) is 0 Å². The van der Waals surface area contributed by atoms with Gasteiger partial charge >= 0.3 is 12.1 Å². The first-order valence-electron chi connectivity index (χ1n) is 10.3. The van der Waals surface area contributed by atoms with Crippen molar-refractivity contribution in [1.82, 2.24) is 5.06 Å². The average Bonchev–Trinajstić information content (AvgIpc) is 2.98. The minimum absolute atomic E-state index is 0.0710. The highest BCUT2D eigenvalue weighted by atomic mass is 19.4. The minimum atomic E-state index is -4.92. The van der Waals surface area contributed by atoms with Gasteiger partial charge in [-0.25, -0.2) is 9.18 Å². The highest BCUT2D eigenvalue weighted by Crippen LogP contribution is 2.37. The Kier molecular flexibility index (Phi) is 7.08. The number of alkyl halides is 3. The van der Waals surface area contributed by atoms with Crippen LogP contribution in [0.1, 0.15) is 48.7 Å². The van der Waals surface area contributed by atoms with Crippen molar-refractivity contribution in [2.45, 2.75) is 51.6 Å². The smallest absolute Gasteiger partial charge is 0.361 e. The lowest BCUT2D eigenvalue weighted by atomic mass is 9.98. The van der Waals surface area contributed by atoms with E-state index in [9.17, 15) is 27.2 Å². The second-order valence-electron chi connectivity index (χ2n) is 8.19. The van der Waals surface area contributed by atoms with E-state index in [-0.39, 0.29) is 30.7 Å². The molecular weight excluding hydrogens is 444 g/mol. The van der Waals surface area contributed by atoms with E-state index in [0.717, 1.165) is 6.07 Å². The number of hydrogen-bond acceptors (Lipinski definition) is 5. The van der Waals surface area contributed by atoms with E-state index >= 15 is 0 Å². The molecular formula is C23H24F4N2O4. The molecule has 0 aromatic heterocycles. The molecule has 2 aromatic rings. The Labute approximate surface area is 188 Å². The van der Waals surface area contributed by atoms with Gasteiger partial charge in [-0.3, -0.25) is 4.79 Å². The van der Waals surface area contributed by atoms with E-state index < -0.39 is 41.2 Å². The number of carbonyl (C=O) groups excluding carboxylic acids is 2. The molecule has 0 spiro atoms. The molecule has 0 saturated carbocycles. The zero-order valence-electron chi connectivity index (χ0n) is 18.3. The maximum absolute atomic E-state index is 14.3. The molecule has 0 aliphatic carbocycles. The van der Waals surface area contributed by atoms with Crippen LogP contribution < -0.4 is 5.32 Å². The molecule has 10 heteroatoms. The number of hydroxylamine groups is 2. The highest BCUT2D eigenvalue weighted by Gasteiger charge is 2.44. The van der Waals surface area contributed by atoms with E-state index in [2.05, 4.69) is 5.32 Å². The Hall–Kier alpha value is -2.98. The maximum atomic E-state index is 14.3. The molecule has 1 aliphatic rings. The molecule has 1 aliphatic heterocycles. The van der Waals surface area contributed by atoms with Crippen molar-refractivity contribution in [3.63, 3.8) is 0 Å². The Morgan fingerprint density at radius 3 is 2.48 bits per heavy atom. The van der Waals surface area contributed by atoms with Crippen molar-refractivity contribution in [1.29, 1.82) is 0 Å². The lowest BCUT2D eigenvalue weighted by Crippen LogP contribution is -2.45. The number of rotatable bonds is 6. The molecule has 0 unspecified atom stereocenters. The Balaban J connectivity index is 1.83. The molecule has 1 saturated heterocycles. The van der Waals surface area contributed by atoms with Gasteiger partial charge in [0.2, 0.25) is 5.91 Å². The summed E-state index contributed by atoms with van der Waals surface area (Å²) in [5.74, 6) is -2.64. The fraction of sp³-hybridized carbons (Fsp3) is 0.391. The number of nitrogens with one attached hydrogen (secondary N) is 1. The van der Waals surface area contributed by atoms with Crippen molar-refractivity contribution in [3.05, 3.63) is 65.0 Å². The summed E-state index contributed by atoms with van der Waals surface area (Å²) in [5, 5.41) is 3.63. The summed E-state index contributed by atoms with van der Waals surface area (Å²) in [5.41, 5.74) is -2.47. The third kappa shape index (κ3) is 5.88. The molecule has 3 rings (SSSR count). The SMILES string of the molecule is CC(=O)Nc1cc(F)c(C(F)(F)F)c(CC[C@H]2COC(C)(C)N2OC(=O)c2ccccc2)c1. The minimum Gasteiger partial charge on any atom is -0.361 e. The summed E-state index contributed by atoms with van der Waals surface area (Å²) < 4.78 is 60.6. The van der Waals surface area contributed by atoms with Crippen molar-refractivity contribution < 1.29 is 36.7 Å². The fourth-order valence-corrected chi connectivity index (χ4v) is 3.75. The van der Waals surface area contributed by atoms with Gasteiger partial charge in [-0.2, -0.15) is 13.2 Å². The van der Waals surface area contributed by atoms with Crippen LogP contribution in [0.3, 0.4) is 0 Å².